The molecule has 0 unspecified atom stereocenters. The summed E-state index contributed by atoms with van der Waals surface area (Å²) in [5.41, 5.74) is 3.20. The van der Waals surface area contributed by atoms with Crippen LogP contribution in [-0.4, -0.2) is 68.5 Å². The minimum atomic E-state index is -2.64. The van der Waals surface area contributed by atoms with E-state index in [0.29, 0.717) is 16.7 Å². The number of esters is 1. The zero-order valence-corrected chi connectivity index (χ0v) is 22.5. The van der Waals surface area contributed by atoms with Crippen LogP contribution in [0.3, 0.4) is 0 Å². The van der Waals surface area contributed by atoms with E-state index in [9.17, 15) is 44.4 Å². The number of rotatable bonds is 6. The van der Waals surface area contributed by atoms with E-state index in [0.717, 1.165) is 0 Å². The van der Waals surface area contributed by atoms with E-state index >= 15 is 0 Å². The van der Waals surface area contributed by atoms with Crippen LogP contribution in [0.25, 0.3) is 16.9 Å². The molecule has 0 bridgehead atoms. The van der Waals surface area contributed by atoms with Crippen molar-refractivity contribution in [3.63, 3.8) is 0 Å². The van der Waals surface area contributed by atoms with Crippen LogP contribution >= 0.6 is 0 Å². The van der Waals surface area contributed by atoms with Gasteiger partial charge in [-0.2, -0.15) is 0 Å². The number of fused-ring (bicyclic) bond motifs is 3. The fraction of sp³-hybridized carbons (Fsp3) is 0.300. The largest absolute Gasteiger partial charge is 0.508 e. The smallest absolute Gasteiger partial charge is 0.325 e. The number of benzene rings is 2. The number of nitrogens with two attached hydrogens (primary N) is 1. The normalized spacial score (nSPS) is 23.1. The molecule has 3 aliphatic carbocycles. The number of hydrogen-bond donors (Lipinski definition) is 6. The number of nitrogens with one attached hydrogen (secondary N) is 1. The van der Waals surface area contributed by atoms with Crippen molar-refractivity contribution < 1.29 is 49.1 Å². The molecule has 7 N–H and O–H groups in total. The number of ketones is 2. The van der Waals surface area contributed by atoms with E-state index < -0.39 is 70.3 Å². The molecule has 0 aliphatic heterocycles. The Labute approximate surface area is 239 Å². The summed E-state index contributed by atoms with van der Waals surface area (Å²) in [6.45, 7) is 1.51. The lowest BCUT2D eigenvalue weighted by Gasteiger charge is -2.46. The van der Waals surface area contributed by atoms with Crippen LogP contribution in [-0.2, 0) is 30.3 Å². The Morgan fingerprint density at radius 1 is 1.10 bits per heavy atom. The first kappa shape index (κ1) is 28.6. The van der Waals surface area contributed by atoms with E-state index in [4.69, 9.17) is 10.5 Å². The predicted molar refractivity (Wildman–Crippen MR) is 146 cm³/mol. The van der Waals surface area contributed by atoms with Gasteiger partial charge >= 0.3 is 5.97 Å². The van der Waals surface area contributed by atoms with Gasteiger partial charge in [0.1, 0.15) is 29.4 Å². The van der Waals surface area contributed by atoms with Crippen molar-refractivity contribution in [1.82, 2.24) is 5.32 Å². The summed E-state index contributed by atoms with van der Waals surface area (Å²) in [6, 6.07) is 9.37. The molecular formula is C30H28N2O10. The van der Waals surface area contributed by atoms with Crippen LogP contribution in [0.15, 0.2) is 53.3 Å². The van der Waals surface area contributed by atoms with Gasteiger partial charge in [0.2, 0.25) is 5.78 Å². The second kappa shape index (κ2) is 10.5. The first-order valence-electron chi connectivity index (χ1n) is 13.3. The second-order valence-electron chi connectivity index (χ2n) is 10.5. The molecule has 12 heteroatoms. The Morgan fingerprint density at radius 2 is 1.83 bits per heavy atom. The quantitative estimate of drug-likeness (QED) is 0.215. The lowest BCUT2D eigenvalue weighted by Crippen LogP contribution is -2.58. The highest BCUT2D eigenvalue weighted by Gasteiger charge is 2.60. The number of ether oxygens (including phenoxy) is 1. The maximum absolute atomic E-state index is 13.7. The third kappa shape index (κ3) is 4.40. The highest BCUT2D eigenvalue weighted by molar-refractivity contribution is 6.22. The maximum atomic E-state index is 13.7. The summed E-state index contributed by atoms with van der Waals surface area (Å²) in [5.74, 6) is -8.16. The molecule has 0 radical (unpaired) electrons. The van der Waals surface area contributed by atoms with E-state index in [-0.39, 0.29) is 48.4 Å². The molecular weight excluding hydrogens is 548 g/mol. The molecule has 218 valence electrons. The average molecular weight is 577 g/mol. The highest BCUT2D eigenvalue weighted by atomic mass is 16.5. The number of hydrogen-bond acceptors (Lipinski definition) is 10. The number of aliphatic hydroxyl groups is 3. The maximum Gasteiger partial charge on any atom is 0.325 e. The van der Waals surface area contributed by atoms with Crippen molar-refractivity contribution in [3.8, 4) is 16.9 Å². The third-order valence-corrected chi connectivity index (χ3v) is 8.08. The fourth-order valence-electron chi connectivity index (χ4n) is 6.19. The Balaban J connectivity index is 1.56. The zero-order valence-electron chi connectivity index (χ0n) is 22.5. The molecule has 2 aromatic carbocycles. The summed E-state index contributed by atoms with van der Waals surface area (Å²) in [6.07, 6.45) is -0.316. The molecule has 2 amide bonds. The zero-order chi connectivity index (χ0) is 30.5. The van der Waals surface area contributed by atoms with Gasteiger partial charge in [-0.15, -0.1) is 0 Å². The van der Waals surface area contributed by atoms with E-state index in [2.05, 4.69) is 5.32 Å². The van der Waals surface area contributed by atoms with Crippen molar-refractivity contribution >= 4 is 35.1 Å². The molecule has 5 rings (SSSR count). The number of primary amides is 1. The average Bonchev–Trinajstić information content (AvgIpc) is 2.94. The summed E-state index contributed by atoms with van der Waals surface area (Å²) >= 11 is 0. The first-order valence-corrected chi connectivity index (χ1v) is 13.3. The van der Waals surface area contributed by atoms with Crippen LogP contribution in [0.1, 0.15) is 41.3 Å². The standard InChI is InChI=1S/C30H28N2O10/c1-2-42-21(35)12-32-29(40)14-5-3-4-13(8-14)17-6-7-19(33)23-18(17)10-15-9-16-11-20(34)24(28(31)39)27(38)30(16,41)26(37)22(15)25(23)36/h3-8,15-16,33,36,38,41H,2,9-12H2,1H3,(H2,31,39)(H,32,40)/t15-,16+,30+/m1/s1. The topological polar surface area (TPSA) is 214 Å². The number of aromatic hydroxyl groups is 1. The number of aliphatic hydroxyl groups excluding tert-OH is 2. The molecule has 0 heterocycles. The molecule has 2 aromatic rings. The number of phenolic OH excluding ortho intramolecular Hbond substituents is 1. The van der Waals surface area contributed by atoms with E-state index in [1.165, 1.54) is 6.07 Å². The summed E-state index contributed by atoms with van der Waals surface area (Å²) in [4.78, 5) is 62.4. The predicted octanol–water partition coefficient (Wildman–Crippen LogP) is 1.38. The lowest BCUT2D eigenvalue weighted by molar-refractivity contribution is -0.147. The minimum Gasteiger partial charge on any atom is -0.508 e. The molecule has 42 heavy (non-hydrogen) atoms. The van der Waals surface area contributed by atoms with E-state index in [1.54, 1.807) is 37.3 Å². The van der Waals surface area contributed by atoms with Gasteiger partial charge in [0, 0.05) is 23.5 Å². The summed E-state index contributed by atoms with van der Waals surface area (Å²) in [7, 11) is 0. The number of carbonyl (C=O) groups is 5. The Kier molecular flexibility index (Phi) is 7.11. The van der Waals surface area contributed by atoms with Crippen molar-refractivity contribution in [2.75, 3.05) is 13.2 Å². The van der Waals surface area contributed by atoms with Crippen LogP contribution < -0.4 is 11.1 Å². The Bertz CT molecular complexity index is 1640. The van der Waals surface area contributed by atoms with Gasteiger partial charge in [-0.25, -0.2) is 0 Å². The highest BCUT2D eigenvalue weighted by Crippen LogP contribution is 2.53. The SMILES string of the molecule is CCOC(=O)CNC(=O)c1cccc(-c2ccc(O)c3c2C[C@H]2C[C@H]4CC(=O)C(C(N)=O)=C(O)[C@@]4(O)C(=O)C2=C3O)c1. The molecule has 0 aromatic heterocycles. The molecule has 12 nitrogen and oxygen atoms in total. The van der Waals surface area contributed by atoms with E-state index in [1.807, 2.05) is 0 Å². The molecule has 1 fully saturated rings. The van der Waals surface area contributed by atoms with Gasteiger partial charge in [0.25, 0.3) is 11.8 Å². The first-order chi connectivity index (χ1) is 19.9. The monoisotopic (exact) mass is 576 g/mol. The van der Waals surface area contributed by atoms with Crippen molar-refractivity contribution in [1.29, 1.82) is 0 Å². The number of carbonyl (C=O) groups excluding carboxylic acids is 5. The van der Waals surface area contributed by atoms with Gasteiger partial charge in [-0.05, 0) is 60.6 Å². The Hall–Kier alpha value is -4.97. The van der Waals surface area contributed by atoms with Crippen molar-refractivity contribution in [3.05, 3.63) is 70.0 Å². The molecule has 0 saturated heterocycles. The minimum absolute atomic E-state index is 0.00564. The summed E-state index contributed by atoms with van der Waals surface area (Å²) < 4.78 is 4.82. The third-order valence-electron chi connectivity index (χ3n) is 8.08. The van der Waals surface area contributed by atoms with Crippen LogP contribution in [0, 0.1) is 11.8 Å². The molecule has 0 spiro atoms. The summed E-state index contributed by atoms with van der Waals surface area (Å²) in [5, 5.41) is 46.6. The molecule has 3 atom stereocenters. The number of Topliss-reactive ketones (excluding diaryl/α,β-unsaturated/α-hetero) is 2. The number of amides is 2. The van der Waals surface area contributed by atoms with Crippen LogP contribution in [0.2, 0.25) is 0 Å². The van der Waals surface area contributed by atoms with Gasteiger partial charge in [-0.1, -0.05) is 18.2 Å². The van der Waals surface area contributed by atoms with Gasteiger partial charge in [0.05, 0.1) is 12.2 Å². The van der Waals surface area contributed by atoms with Gasteiger partial charge in [-0.3, -0.25) is 24.0 Å². The van der Waals surface area contributed by atoms with Crippen molar-refractivity contribution in [2.24, 2.45) is 17.6 Å². The number of phenols is 1. The van der Waals surface area contributed by atoms with Crippen LogP contribution in [0.5, 0.6) is 5.75 Å². The van der Waals surface area contributed by atoms with Crippen molar-refractivity contribution in [2.45, 2.75) is 31.8 Å². The van der Waals surface area contributed by atoms with Gasteiger partial charge < -0.3 is 36.2 Å². The van der Waals surface area contributed by atoms with Gasteiger partial charge in [0.15, 0.2) is 11.4 Å². The molecule has 1 saturated carbocycles. The second-order valence-corrected chi connectivity index (χ2v) is 10.5. The molecule has 3 aliphatic rings. The Morgan fingerprint density at radius 3 is 2.52 bits per heavy atom. The fourth-order valence-corrected chi connectivity index (χ4v) is 6.19. The lowest BCUT2D eigenvalue weighted by atomic mass is 9.59. The van der Waals surface area contributed by atoms with Crippen LogP contribution in [0.4, 0.5) is 0 Å².